The number of nitrogens with zero attached hydrogens (tertiary/aromatic N) is 1. The summed E-state index contributed by atoms with van der Waals surface area (Å²) in [5.41, 5.74) is 0.713. The Morgan fingerprint density at radius 1 is 1.32 bits per heavy atom. The second-order valence-electron chi connectivity index (χ2n) is 5.53. The molecule has 2 aliphatic rings. The molecule has 0 radical (unpaired) electrons. The number of hydrogen-bond donors (Lipinski definition) is 2. The molecule has 3 rings (SSSR count). The summed E-state index contributed by atoms with van der Waals surface area (Å²) in [6, 6.07) is 2.54. The maximum Gasteiger partial charge on any atom is 0.268 e. The van der Waals surface area contributed by atoms with E-state index in [4.69, 9.17) is 11.6 Å². The number of amides is 1. The minimum absolute atomic E-state index is 0.0192. The third-order valence-electron chi connectivity index (χ3n) is 3.90. The van der Waals surface area contributed by atoms with Gasteiger partial charge in [0.1, 0.15) is 5.69 Å². The summed E-state index contributed by atoms with van der Waals surface area (Å²) in [5.74, 6) is 0.0192. The van der Waals surface area contributed by atoms with Gasteiger partial charge < -0.3 is 15.2 Å². The van der Waals surface area contributed by atoms with Gasteiger partial charge in [-0.2, -0.15) is 0 Å². The van der Waals surface area contributed by atoms with Gasteiger partial charge in [-0.3, -0.25) is 4.79 Å². The first kappa shape index (κ1) is 13.0. The van der Waals surface area contributed by atoms with Crippen molar-refractivity contribution >= 4 is 17.5 Å². The standard InChI is InChI=1S/C14H20ClN3O/c15-10-8-13(18(9-10)12-3-4-12)14(19)17-11-2-1-6-16-7-5-11/h8-9,11-12,16H,1-7H2,(H,17,19). The Morgan fingerprint density at radius 3 is 2.95 bits per heavy atom. The van der Waals surface area contributed by atoms with Crippen LogP contribution in [0.3, 0.4) is 0 Å². The number of carbonyl (C=O) groups excluding carboxylic acids is 1. The molecule has 1 aromatic heterocycles. The Bertz CT molecular complexity index is 459. The van der Waals surface area contributed by atoms with E-state index in [9.17, 15) is 4.79 Å². The van der Waals surface area contributed by atoms with Gasteiger partial charge in [0.05, 0.1) is 5.02 Å². The zero-order valence-electron chi connectivity index (χ0n) is 11.0. The highest BCUT2D eigenvalue weighted by Crippen LogP contribution is 2.37. The minimum atomic E-state index is 0.0192. The van der Waals surface area contributed by atoms with Crippen molar-refractivity contribution in [1.82, 2.24) is 15.2 Å². The number of carbonyl (C=O) groups is 1. The third-order valence-corrected chi connectivity index (χ3v) is 4.11. The highest BCUT2D eigenvalue weighted by atomic mass is 35.5. The summed E-state index contributed by atoms with van der Waals surface area (Å²) in [5, 5.41) is 7.16. The monoisotopic (exact) mass is 281 g/mol. The smallest absolute Gasteiger partial charge is 0.268 e. The maximum absolute atomic E-state index is 12.4. The Kier molecular flexibility index (Phi) is 3.80. The molecule has 1 saturated carbocycles. The predicted molar refractivity (Wildman–Crippen MR) is 75.7 cm³/mol. The topological polar surface area (TPSA) is 46.1 Å². The number of aromatic nitrogens is 1. The normalized spacial score (nSPS) is 23.9. The van der Waals surface area contributed by atoms with Crippen molar-refractivity contribution in [3.8, 4) is 0 Å². The van der Waals surface area contributed by atoms with E-state index < -0.39 is 0 Å². The van der Waals surface area contributed by atoms with Gasteiger partial charge in [-0.15, -0.1) is 0 Å². The fraction of sp³-hybridized carbons (Fsp3) is 0.643. The van der Waals surface area contributed by atoms with Crippen LogP contribution >= 0.6 is 11.6 Å². The lowest BCUT2D eigenvalue weighted by atomic mass is 10.1. The summed E-state index contributed by atoms with van der Waals surface area (Å²) in [4.78, 5) is 12.4. The molecule has 1 atom stereocenters. The number of hydrogen-bond acceptors (Lipinski definition) is 2. The summed E-state index contributed by atoms with van der Waals surface area (Å²) < 4.78 is 2.03. The van der Waals surface area contributed by atoms with Crippen LogP contribution < -0.4 is 10.6 Å². The minimum Gasteiger partial charge on any atom is -0.348 e. The zero-order chi connectivity index (χ0) is 13.2. The molecular formula is C14H20ClN3O. The number of rotatable bonds is 3. The van der Waals surface area contributed by atoms with Gasteiger partial charge in [-0.1, -0.05) is 11.6 Å². The first-order valence-electron chi connectivity index (χ1n) is 7.13. The molecule has 4 nitrogen and oxygen atoms in total. The second-order valence-corrected chi connectivity index (χ2v) is 5.97. The summed E-state index contributed by atoms with van der Waals surface area (Å²) in [6.45, 7) is 2.03. The Balaban J connectivity index is 1.69. The van der Waals surface area contributed by atoms with Crippen molar-refractivity contribution in [3.05, 3.63) is 23.0 Å². The van der Waals surface area contributed by atoms with E-state index in [1.54, 1.807) is 6.07 Å². The van der Waals surface area contributed by atoms with E-state index in [1.165, 1.54) is 0 Å². The highest BCUT2D eigenvalue weighted by Gasteiger charge is 2.28. The summed E-state index contributed by atoms with van der Waals surface area (Å²) in [7, 11) is 0. The van der Waals surface area contributed by atoms with Crippen LogP contribution in [0.1, 0.15) is 48.6 Å². The van der Waals surface area contributed by atoms with E-state index in [0.29, 0.717) is 16.8 Å². The Labute approximate surface area is 118 Å². The van der Waals surface area contributed by atoms with Crippen molar-refractivity contribution in [3.63, 3.8) is 0 Å². The van der Waals surface area contributed by atoms with E-state index in [2.05, 4.69) is 10.6 Å². The zero-order valence-corrected chi connectivity index (χ0v) is 11.7. The van der Waals surface area contributed by atoms with Crippen molar-refractivity contribution in [1.29, 1.82) is 0 Å². The quantitative estimate of drug-likeness (QED) is 0.893. The molecule has 0 spiro atoms. The molecular weight excluding hydrogens is 262 g/mol. The van der Waals surface area contributed by atoms with Gasteiger partial charge in [-0.05, 0) is 51.3 Å². The molecule has 0 bridgehead atoms. The molecule has 1 aliphatic heterocycles. The molecule has 2 N–H and O–H groups in total. The summed E-state index contributed by atoms with van der Waals surface area (Å²) in [6.07, 6.45) is 7.36. The van der Waals surface area contributed by atoms with Crippen LogP contribution in [-0.2, 0) is 0 Å². The van der Waals surface area contributed by atoms with Gasteiger partial charge in [0.25, 0.3) is 5.91 Å². The van der Waals surface area contributed by atoms with Crippen LogP contribution in [0.5, 0.6) is 0 Å². The van der Waals surface area contributed by atoms with Gasteiger partial charge in [0, 0.05) is 18.3 Å². The average molecular weight is 282 g/mol. The van der Waals surface area contributed by atoms with Gasteiger partial charge in [-0.25, -0.2) is 0 Å². The van der Waals surface area contributed by atoms with Crippen LogP contribution in [0.15, 0.2) is 12.3 Å². The van der Waals surface area contributed by atoms with Crippen LogP contribution in [0.4, 0.5) is 0 Å². The SMILES string of the molecule is O=C(NC1CCCNCC1)c1cc(Cl)cn1C1CC1. The lowest BCUT2D eigenvalue weighted by Gasteiger charge is -2.16. The predicted octanol–water partition coefficient (Wildman–Crippen LogP) is 2.35. The van der Waals surface area contributed by atoms with Crippen LogP contribution in [-0.4, -0.2) is 29.6 Å². The maximum atomic E-state index is 12.4. The molecule has 0 aromatic carbocycles. The van der Waals surface area contributed by atoms with Crippen LogP contribution in [0.2, 0.25) is 5.02 Å². The lowest BCUT2D eigenvalue weighted by molar-refractivity contribution is 0.0924. The Hall–Kier alpha value is -1.00. The summed E-state index contributed by atoms with van der Waals surface area (Å²) >= 11 is 6.04. The molecule has 2 fully saturated rings. The lowest BCUT2D eigenvalue weighted by Crippen LogP contribution is -2.36. The van der Waals surface area contributed by atoms with Crippen molar-refractivity contribution in [2.45, 2.75) is 44.2 Å². The first-order chi connectivity index (χ1) is 9.24. The van der Waals surface area contributed by atoms with E-state index in [-0.39, 0.29) is 11.9 Å². The van der Waals surface area contributed by atoms with Gasteiger partial charge >= 0.3 is 0 Å². The van der Waals surface area contributed by atoms with Crippen molar-refractivity contribution in [2.24, 2.45) is 0 Å². The fourth-order valence-electron chi connectivity index (χ4n) is 2.71. The molecule has 19 heavy (non-hydrogen) atoms. The van der Waals surface area contributed by atoms with Gasteiger partial charge in [0.15, 0.2) is 0 Å². The molecule has 5 heteroatoms. The number of halogens is 1. The van der Waals surface area contributed by atoms with Crippen molar-refractivity contribution in [2.75, 3.05) is 13.1 Å². The largest absolute Gasteiger partial charge is 0.348 e. The fourth-order valence-corrected chi connectivity index (χ4v) is 2.91. The molecule has 1 aromatic rings. The molecule has 1 saturated heterocycles. The third kappa shape index (κ3) is 3.12. The Morgan fingerprint density at radius 2 is 2.16 bits per heavy atom. The van der Waals surface area contributed by atoms with Crippen LogP contribution in [0.25, 0.3) is 0 Å². The molecule has 1 amide bonds. The van der Waals surface area contributed by atoms with Gasteiger partial charge in [0.2, 0.25) is 0 Å². The van der Waals surface area contributed by atoms with E-state index in [0.717, 1.165) is 45.2 Å². The van der Waals surface area contributed by atoms with E-state index in [1.807, 2.05) is 10.8 Å². The highest BCUT2D eigenvalue weighted by molar-refractivity contribution is 6.31. The molecule has 1 unspecified atom stereocenters. The molecule has 1 aliphatic carbocycles. The second kappa shape index (κ2) is 5.55. The molecule has 2 heterocycles. The van der Waals surface area contributed by atoms with E-state index >= 15 is 0 Å². The average Bonchev–Trinajstić information content (AvgIpc) is 3.17. The number of nitrogens with one attached hydrogen (secondary N) is 2. The van der Waals surface area contributed by atoms with Crippen LogP contribution in [0, 0.1) is 0 Å². The molecule has 104 valence electrons. The van der Waals surface area contributed by atoms with Crippen molar-refractivity contribution < 1.29 is 4.79 Å². The first-order valence-corrected chi connectivity index (χ1v) is 7.51.